The van der Waals surface area contributed by atoms with E-state index in [1.807, 2.05) is 24.4 Å². The molecule has 2 bridgehead atoms. The molecule has 10 nitrogen and oxygen atoms in total. The zero-order valence-corrected chi connectivity index (χ0v) is 20.1. The third kappa shape index (κ3) is 4.35. The van der Waals surface area contributed by atoms with Crippen LogP contribution < -0.4 is 10.6 Å². The quantitative estimate of drug-likeness (QED) is 0.492. The first-order valence-corrected chi connectivity index (χ1v) is 12.9. The van der Waals surface area contributed by atoms with E-state index in [1.165, 1.54) is 0 Å². The number of amides is 1. The number of carbonyl (C=O) groups excluding carboxylic acids is 1. The summed E-state index contributed by atoms with van der Waals surface area (Å²) in [6.07, 6.45) is 4.01. The summed E-state index contributed by atoms with van der Waals surface area (Å²) in [7, 11) is 0. The number of hydrogen-bond donors (Lipinski definition) is 3. The molecular formula is C23H30N8O2S. The van der Waals surface area contributed by atoms with E-state index >= 15 is 0 Å². The van der Waals surface area contributed by atoms with Crippen LogP contribution in [0.2, 0.25) is 0 Å². The van der Waals surface area contributed by atoms with Crippen LogP contribution in [0.4, 0.5) is 17.6 Å². The molecule has 6 heterocycles. The molecule has 3 aliphatic rings. The number of nitrogens with zero attached hydrogens (tertiary/aromatic N) is 5. The van der Waals surface area contributed by atoms with Gasteiger partial charge in [0.1, 0.15) is 10.6 Å². The number of fused-ring (bicyclic) bond motifs is 3. The zero-order chi connectivity index (χ0) is 23.1. The normalized spacial score (nSPS) is 25.1. The minimum absolute atomic E-state index is 0.253. The number of H-pyrrole nitrogens is 1. The first-order chi connectivity index (χ1) is 16.6. The fourth-order valence-electron chi connectivity index (χ4n) is 5.54. The van der Waals surface area contributed by atoms with Crippen molar-refractivity contribution >= 4 is 45.0 Å². The molecule has 2 unspecified atom stereocenters. The second-order valence-corrected chi connectivity index (χ2v) is 10.4. The van der Waals surface area contributed by atoms with Gasteiger partial charge in [-0.1, -0.05) is 0 Å². The summed E-state index contributed by atoms with van der Waals surface area (Å²) in [5.74, 6) is 2.38. The first-order valence-electron chi connectivity index (χ1n) is 12.0. The van der Waals surface area contributed by atoms with E-state index in [0.717, 1.165) is 79.5 Å². The molecular weight excluding hydrogens is 452 g/mol. The molecule has 3 aromatic heterocycles. The largest absolute Gasteiger partial charge is 0.379 e. The molecule has 0 saturated carbocycles. The molecule has 0 radical (unpaired) electrons. The predicted molar refractivity (Wildman–Crippen MR) is 132 cm³/mol. The van der Waals surface area contributed by atoms with E-state index < -0.39 is 0 Å². The van der Waals surface area contributed by atoms with Crippen LogP contribution in [-0.4, -0.2) is 86.8 Å². The minimum atomic E-state index is 0.253. The summed E-state index contributed by atoms with van der Waals surface area (Å²) in [6, 6.07) is 4.82. The van der Waals surface area contributed by atoms with Gasteiger partial charge in [-0.2, -0.15) is 10.1 Å². The Bertz CT molecular complexity index is 1160. The molecule has 34 heavy (non-hydrogen) atoms. The summed E-state index contributed by atoms with van der Waals surface area (Å²) in [4.78, 5) is 28.0. The summed E-state index contributed by atoms with van der Waals surface area (Å²) < 4.78 is 5.42. The van der Waals surface area contributed by atoms with Crippen LogP contribution in [0.15, 0.2) is 17.5 Å². The van der Waals surface area contributed by atoms with Crippen molar-refractivity contribution in [1.29, 1.82) is 0 Å². The Labute approximate surface area is 202 Å². The number of ether oxygens (including phenoxy) is 1. The van der Waals surface area contributed by atoms with Gasteiger partial charge in [0.15, 0.2) is 5.82 Å². The number of aromatic amines is 1. The van der Waals surface area contributed by atoms with Crippen LogP contribution in [0.1, 0.15) is 31.4 Å². The van der Waals surface area contributed by atoms with Gasteiger partial charge in [-0.25, -0.2) is 4.98 Å². The number of aryl methyl sites for hydroxylation is 1. The van der Waals surface area contributed by atoms with Crippen LogP contribution in [0, 0.1) is 6.92 Å². The molecule has 0 aromatic carbocycles. The molecule has 11 heteroatoms. The molecule has 3 aliphatic heterocycles. The molecule has 3 fully saturated rings. The third-order valence-electron chi connectivity index (χ3n) is 7.09. The highest BCUT2D eigenvalue weighted by molar-refractivity contribution is 7.16. The SMILES string of the molecule is Cc1cc(Nc2nc(NC3CC4CCC(C3)N4C(=O)CN3CCOCC3)nc3sccc23)n[nH]1. The van der Waals surface area contributed by atoms with Crippen LogP contribution >= 0.6 is 11.3 Å². The van der Waals surface area contributed by atoms with Gasteiger partial charge in [0.25, 0.3) is 0 Å². The lowest BCUT2D eigenvalue weighted by Gasteiger charge is -2.40. The second-order valence-electron chi connectivity index (χ2n) is 9.48. The van der Waals surface area contributed by atoms with Crippen LogP contribution in [-0.2, 0) is 9.53 Å². The van der Waals surface area contributed by atoms with Crippen LogP contribution in [0.5, 0.6) is 0 Å². The molecule has 6 rings (SSSR count). The van der Waals surface area contributed by atoms with Gasteiger partial charge in [0, 0.05) is 43.0 Å². The summed E-state index contributed by atoms with van der Waals surface area (Å²) in [5, 5.41) is 17.2. The van der Waals surface area contributed by atoms with Crippen molar-refractivity contribution in [2.45, 2.75) is 50.7 Å². The zero-order valence-electron chi connectivity index (χ0n) is 19.3. The van der Waals surface area contributed by atoms with E-state index in [1.54, 1.807) is 11.3 Å². The number of rotatable bonds is 6. The summed E-state index contributed by atoms with van der Waals surface area (Å²) in [6.45, 7) is 5.60. The predicted octanol–water partition coefficient (Wildman–Crippen LogP) is 2.73. The fourth-order valence-corrected chi connectivity index (χ4v) is 6.30. The van der Waals surface area contributed by atoms with Crippen molar-refractivity contribution in [3.8, 4) is 0 Å². The standard InChI is InChI=1S/C23H30N8O2S/c1-14-10-19(29-28-14)25-21-18-4-9-34-22(18)27-23(26-21)24-15-11-16-2-3-17(12-15)31(16)20(32)13-30-5-7-33-8-6-30/h4,9-10,15-17H,2-3,5-8,11-13H2,1H3,(H3,24,25,26,27,28,29). The number of piperidine rings is 1. The molecule has 3 N–H and O–H groups in total. The maximum Gasteiger partial charge on any atom is 0.237 e. The van der Waals surface area contributed by atoms with E-state index in [2.05, 4.69) is 30.6 Å². The highest BCUT2D eigenvalue weighted by Crippen LogP contribution is 2.37. The average Bonchev–Trinajstić information content (AvgIpc) is 3.52. The van der Waals surface area contributed by atoms with Gasteiger partial charge >= 0.3 is 0 Å². The Morgan fingerprint density at radius 1 is 1.24 bits per heavy atom. The highest BCUT2D eigenvalue weighted by Gasteiger charge is 2.43. The molecule has 180 valence electrons. The van der Waals surface area contributed by atoms with Crippen molar-refractivity contribution in [2.24, 2.45) is 0 Å². The molecule has 2 atom stereocenters. The van der Waals surface area contributed by atoms with E-state index in [0.29, 0.717) is 24.6 Å². The van der Waals surface area contributed by atoms with Gasteiger partial charge in [-0.05, 0) is 44.1 Å². The Morgan fingerprint density at radius 2 is 2.03 bits per heavy atom. The summed E-state index contributed by atoms with van der Waals surface area (Å²) in [5.41, 5.74) is 0.988. The minimum Gasteiger partial charge on any atom is -0.379 e. The van der Waals surface area contributed by atoms with Gasteiger partial charge in [-0.15, -0.1) is 11.3 Å². The van der Waals surface area contributed by atoms with Crippen LogP contribution in [0.25, 0.3) is 10.2 Å². The molecule has 0 aliphatic carbocycles. The molecule has 3 saturated heterocycles. The maximum absolute atomic E-state index is 13.1. The third-order valence-corrected chi connectivity index (χ3v) is 7.90. The average molecular weight is 483 g/mol. The molecule has 1 amide bonds. The van der Waals surface area contributed by atoms with E-state index in [4.69, 9.17) is 14.7 Å². The topological polar surface area (TPSA) is 111 Å². The van der Waals surface area contributed by atoms with Crippen LogP contribution in [0.3, 0.4) is 0 Å². The maximum atomic E-state index is 13.1. The molecule has 3 aromatic rings. The first kappa shape index (κ1) is 21.8. The Morgan fingerprint density at radius 3 is 2.76 bits per heavy atom. The lowest BCUT2D eigenvalue weighted by Crippen LogP contribution is -2.53. The van der Waals surface area contributed by atoms with Gasteiger partial charge in [0.2, 0.25) is 11.9 Å². The fraction of sp³-hybridized carbons (Fsp3) is 0.565. The van der Waals surface area contributed by atoms with Crippen molar-refractivity contribution in [3.05, 3.63) is 23.2 Å². The van der Waals surface area contributed by atoms with Gasteiger partial charge < -0.3 is 20.3 Å². The highest BCUT2D eigenvalue weighted by atomic mass is 32.1. The number of aromatic nitrogens is 4. The second kappa shape index (κ2) is 9.12. The van der Waals surface area contributed by atoms with E-state index in [9.17, 15) is 4.79 Å². The monoisotopic (exact) mass is 482 g/mol. The lowest BCUT2D eigenvalue weighted by atomic mass is 9.97. The Kier molecular flexibility index (Phi) is 5.84. The number of hydrogen-bond acceptors (Lipinski definition) is 9. The Balaban J connectivity index is 1.14. The lowest BCUT2D eigenvalue weighted by molar-refractivity contribution is -0.137. The van der Waals surface area contributed by atoms with E-state index in [-0.39, 0.29) is 11.9 Å². The smallest absolute Gasteiger partial charge is 0.237 e. The van der Waals surface area contributed by atoms with Crippen molar-refractivity contribution in [1.82, 2.24) is 30.0 Å². The van der Waals surface area contributed by atoms with Crippen molar-refractivity contribution in [3.63, 3.8) is 0 Å². The Hall–Kier alpha value is -2.76. The number of carbonyl (C=O) groups is 1. The number of thiophene rings is 1. The number of morpholine rings is 1. The van der Waals surface area contributed by atoms with Crippen molar-refractivity contribution < 1.29 is 9.53 Å². The van der Waals surface area contributed by atoms with Gasteiger partial charge in [0.05, 0.1) is 25.1 Å². The molecule has 0 spiro atoms. The number of anilines is 3. The summed E-state index contributed by atoms with van der Waals surface area (Å²) >= 11 is 1.60. The van der Waals surface area contributed by atoms with Crippen molar-refractivity contribution in [2.75, 3.05) is 43.5 Å². The van der Waals surface area contributed by atoms with Gasteiger partial charge in [-0.3, -0.25) is 14.8 Å². The number of nitrogens with one attached hydrogen (secondary N) is 3.